The molecule has 1 aliphatic heterocycles. The molecular weight excluding hydrogens is 351 g/mol. The maximum Gasteiger partial charge on any atom is 0.434 e. The van der Waals surface area contributed by atoms with Crippen LogP contribution in [0, 0.1) is 5.92 Å². The highest BCUT2D eigenvalue weighted by atomic mass is 32.1. The van der Waals surface area contributed by atoms with Gasteiger partial charge < -0.3 is 10.6 Å². The average molecular weight is 369 g/mol. The molecule has 1 saturated heterocycles. The van der Waals surface area contributed by atoms with Crippen molar-refractivity contribution < 1.29 is 18.0 Å². The van der Waals surface area contributed by atoms with E-state index in [2.05, 4.69) is 15.6 Å². The molecule has 2 N–H and O–H groups in total. The standard InChI is InChI=1S/C17H18F3N3OS/c18-17(19,20)14-10-25-16(22-14)23-15(24)8-12-3-1-11(2-4-12)7-13-5-6-21-9-13/h1-4,10,13,21H,5-9H2,(H,22,23,24). The number of halogens is 3. The van der Waals surface area contributed by atoms with E-state index in [4.69, 9.17) is 0 Å². The lowest BCUT2D eigenvalue weighted by Gasteiger charge is -2.09. The van der Waals surface area contributed by atoms with Crippen LogP contribution in [0.1, 0.15) is 23.2 Å². The number of thiazole rings is 1. The number of carbonyl (C=O) groups is 1. The molecule has 1 amide bonds. The Kier molecular flexibility index (Phi) is 5.39. The molecule has 1 unspecified atom stereocenters. The summed E-state index contributed by atoms with van der Waals surface area (Å²) in [5, 5.41) is 6.60. The minimum absolute atomic E-state index is 0.0392. The molecule has 4 nitrogen and oxygen atoms in total. The molecule has 1 aromatic carbocycles. The minimum Gasteiger partial charge on any atom is -0.316 e. The van der Waals surface area contributed by atoms with Gasteiger partial charge in [0.2, 0.25) is 5.91 Å². The van der Waals surface area contributed by atoms with E-state index in [0.29, 0.717) is 5.92 Å². The summed E-state index contributed by atoms with van der Waals surface area (Å²) in [5.74, 6) is 0.276. The van der Waals surface area contributed by atoms with E-state index in [-0.39, 0.29) is 17.5 Å². The summed E-state index contributed by atoms with van der Waals surface area (Å²) in [6.45, 7) is 2.10. The smallest absolute Gasteiger partial charge is 0.316 e. The quantitative estimate of drug-likeness (QED) is 0.848. The largest absolute Gasteiger partial charge is 0.434 e. The van der Waals surface area contributed by atoms with Gasteiger partial charge >= 0.3 is 6.18 Å². The van der Waals surface area contributed by atoms with Gasteiger partial charge in [-0.2, -0.15) is 13.2 Å². The van der Waals surface area contributed by atoms with E-state index in [1.54, 1.807) is 0 Å². The van der Waals surface area contributed by atoms with Gasteiger partial charge in [-0.05, 0) is 43.0 Å². The summed E-state index contributed by atoms with van der Waals surface area (Å²) < 4.78 is 37.5. The number of amides is 1. The lowest BCUT2D eigenvalue weighted by Crippen LogP contribution is -2.15. The Morgan fingerprint density at radius 1 is 1.28 bits per heavy atom. The number of benzene rings is 1. The molecule has 1 aromatic heterocycles. The number of carbonyl (C=O) groups excluding carboxylic acids is 1. The molecule has 0 saturated carbocycles. The maximum absolute atomic E-state index is 12.5. The summed E-state index contributed by atoms with van der Waals surface area (Å²) >= 11 is 0.766. The second-order valence-electron chi connectivity index (χ2n) is 6.14. The van der Waals surface area contributed by atoms with Crippen molar-refractivity contribution in [2.45, 2.75) is 25.4 Å². The van der Waals surface area contributed by atoms with Gasteiger partial charge in [-0.25, -0.2) is 4.98 Å². The SMILES string of the molecule is O=C(Cc1ccc(CC2CCNC2)cc1)Nc1nc(C(F)(F)F)cs1. The number of anilines is 1. The zero-order valence-corrected chi connectivity index (χ0v) is 14.2. The molecule has 0 bridgehead atoms. The van der Waals surface area contributed by atoms with Crippen molar-refractivity contribution >= 4 is 22.4 Å². The Bertz CT molecular complexity index is 721. The molecule has 1 fully saturated rings. The van der Waals surface area contributed by atoms with Gasteiger partial charge in [0, 0.05) is 5.38 Å². The second kappa shape index (κ2) is 7.53. The normalized spacial score (nSPS) is 17.6. The monoisotopic (exact) mass is 369 g/mol. The van der Waals surface area contributed by atoms with Crippen molar-refractivity contribution in [2.75, 3.05) is 18.4 Å². The average Bonchev–Trinajstić information content (AvgIpc) is 3.20. The molecular formula is C17H18F3N3OS. The van der Waals surface area contributed by atoms with Crippen molar-refractivity contribution in [1.29, 1.82) is 0 Å². The van der Waals surface area contributed by atoms with Crippen molar-refractivity contribution in [2.24, 2.45) is 5.92 Å². The molecule has 1 aliphatic rings. The van der Waals surface area contributed by atoms with Crippen molar-refractivity contribution in [3.05, 3.63) is 46.5 Å². The Hall–Kier alpha value is -1.93. The maximum atomic E-state index is 12.5. The van der Waals surface area contributed by atoms with Gasteiger partial charge in [-0.3, -0.25) is 4.79 Å². The summed E-state index contributed by atoms with van der Waals surface area (Å²) in [4.78, 5) is 15.4. The summed E-state index contributed by atoms with van der Waals surface area (Å²) in [7, 11) is 0. The van der Waals surface area contributed by atoms with Crippen molar-refractivity contribution in [3.63, 3.8) is 0 Å². The second-order valence-corrected chi connectivity index (χ2v) is 7.00. The lowest BCUT2D eigenvalue weighted by molar-refractivity contribution is -0.140. The van der Waals surface area contributed by atoms with Crippen LogP contribution in [0.15, 0.2) is 29.6 Å². The number of hydrogen-bond donors (Lipinski definition) is 2. The van der Waals surface area contributed by atoms with E-state index in [1.165, 1.54) is 12.0 Å². The van der Waals surface area contributed by atoms with Crippen LogP contribution in [-0.4, -0.2) is 24.0 Å². The van der Waals surface area contributed by atoms with Crippen LogP contribution in [0.25, 0.3) is 0 Å². The number of aromatic nitrogens is 1. The lowest BCUT2D eigenvalue weighted by atomic mass is 9.97. The molecule has 8 heteroatoms. The third kappa shape index (κ3) is 5.02. The number of rotatable bonds is 5. The molecule has 3 rings (SSSR count). The Morgan fingerprint density at radius 3 is 2.60 bits per heavy atom. The predicted molar refractivity (Wildman–Crippen MR) is 90.6 cm³/mol. The first-order valence-corrected chi connectivity index (χ1v) is 8.89. The molecule has 0 spiro atoms. The van der Waals surface area contributed by atoms with Gasteiger partial charge in [0.1, 0.15) is 0 Å². The number of nitrogens with one attached hydrogen (secondary N) is 2. The zero-order chi connectivity index (χ0) is 17.9. The fourth-order valence-corrected chi connectivity index (χ4v) is 3.56. The molecule has 25 heavy (non-hydrogen) atoms. The van der Waals surface area contributed by atoms with Crippen LogP contribution in [-0.2, 0) is 23.8 Å². The van der Waals surface area contributed by atoms with Crippen LogP contribution in [0.4, 0.5) is 18.3 Å². The molecule has 2 aromatic rings. The van der Waals surface area contributed by atoms with Gasteiger partial charge in [0.25, 0.3) is 0 Å². The molecule has 0 radical (unpaired) electrons. The first-order chi connectivity index (χ1) is 11.9. The molecule has 0 aliphatic carbocycles. The number of nitrogens with zero attached hydrogens (tertiary/aromatic N) is 1. The molecule has 2 heterocycles. The Labute approximate surface area is 147 Å². The van der Waals surface area contributed by atoms with Gasteiger partial charge in [-0.15, -0.1) is 11.3 Å². The Balaban J connectivity index is 1.53. The van der Waals surface area contributed by atoms with Crippen LogP contribution < -0.4 is 10.6 Å². The highest BCUT2D eigenvalue weighted by Gasteiger charge is 2.33. The molecule has 1 atom stereocenters. The van der Waals surface area contributed by atoms with Crippen LogP contribution >= 0.6 is 11.3 Å². The fourth-order valence-electron chi connectivity index (χ4n) is 2.83. The van der Waals surface area contributed by atoms with E-state index < -0.39 is 11.9 Å². The van der Waals surface area contributed by atoms with Gasteiger partial charge in [0.05, 0.1) is 6.42 Å². The minimum atomic E-state index is -4.50. The van der Waals surface area contributed by atoms with Crippen LogP contribution in [0.5, 0.6) is 0 Å². The van der Waals surface area contributed by atoms with Gasteiger partial charge in [0.15, 0.2) is 10.8 Å². The van der Waals surface area contributed by atoms with Crippen LogP contribution in [0.2, 0.25) is 0 Å². The predicted octanol–water partition coefficient (Wildman–Crippen LogP) is 3.50. The number of hydrogen-bond acceptors (Lipinski definition) is 4. The molecule has 134 valence electrons. The summed E-state index contributed by atoms with van der Waals surface area (Å²) in [6, 6.07) is 7.79. The van der Waals surface area contributed by atoms with E-state index in [9.17, 15) is 18.0 Å². The zero-order valence-electron chi connectivity index (χ0n) is 13.4. The fraction of sp³-hybridized carbons (Fsp3) is 0.412. The summed E-state index contributed by atoms with van der Waals surface area (Å²) in [6.07, 6.45) is -2.20. The first-order valence-electron chi connectivity index (χ1n) is 8.01. The van der Waals surface area contributed by atoms with Crippen molar-refractivity contribution in [1.82, 2.24) is 10.3 Å². The number of alkyl halides is 3. The van der Waals surface area contributed by atoms with Crippen molar-refractivity contribution in [3.8, 4) is 0 Å². The Morgan fingerprint density at radius 2 is 2.00 bits per heavy atom. The van der Waals surface area contributed by atoms with Gasteiger partial charge in [-0.1, -0.05) is 24.3 Å². The highest BCUT2D eigenvalue weighted by Crippen LogP contribution is 2.31. The van der Waals surface area contributed by atoms with Crippen LogP contribution in [0.3, 0.4) is 0 Å². The first kappa shape index (κ1) is 17.9. The highest BCUT2D eigenvalue weighted by molar-refractivity contribution is 7.13. The van der Waals surface area contributed by atoms with E-state index in [0.717, 1.165) is 41.8 Å². The third-order valence-electron chi connectivity index (χ3n) is 4.12. The summed E-state index contributed by atoms with van der Waals surface area (Å²) in [5.41, 5.74) is 1.06. The van der Waals surface area contributed by atoms with E-state index in [1.807, 2.05) is 24.3 Å². The third-order valence-corrected chi connectivity index (χ3v) is 4.87. The van der Waals surface area contributed by atoms with E-state index >= 15 is 0 Å². The topological polar surface area (TPSA) is 54.0 Å².